The van der Waals surface area contributed by atoms with E-state index >= 15 is 0 Å². The van der Waals surface area contributed by atoms with E-state index in [1.54, 1.807) is 18.4 Å². The quantitative estimate of drug-likeness (QED) is 0.279. The highest BCUT2D eigenvalue weighted by atomic mass is 32.1. The number of anilines is 1. The van der Waals surface area contributed by atoms with Gasteiger partial charge in [0.05, 0.1) is 12.8 Å². The Labute approximate surface area is 216 Å². The summed E-state index contributed by atoms with van der Waals surface area (Å²) < 4.78 is 5.51. The van der Waals surface area contributed by atoms with E-state index in [-0.39, 0.29) is 5.91 Å². The van der Waals surface area contributed by atoms with Gasteiger partial charge in [-0.25, -0.2) is 4.98 Å². The van der Waals surface area contributed by atoms with Crippen LogP contribution in [0.15, 0.2) is 78.2 Å². The number of thiazole rings is 1. The van der Waals surface area contributed by atoms with E-state index in [9.17, 15) is 4.79 Å². The van der Waals surface area contributed by atoms with Crippen molar-refractivity contribution in [1.82, 2.24) is 10.3 Å². The first kappa shape index (κ1) is 25.4. The van der Waals surface area contributed by atoms with Crippen molar-refractivity contribution >= 4 is 22.4 Å². The Balaban J connectivity index is 1.41. The maximum Gasteiger partial charge on any atom is 0.251 e. The highest BCUT2D eigenvalue weighted by Crippen LogP contribution is 2.33. The van der Waals surface area contributed by atoms with Gasteiger partial charge < -0.3 is 20.7 Å². The van der Waals surface area contributed by atoms with E-state index in [1.807, 2.05) is 72.8 Å². The van der Waals surface area contributed by atoms with Crippen LogP contribution in [0.5, 0.6) is 5.75 Å². The summed E-state index contributed by atoms with van der Waals surface area (Å²) in [6.07, 6.45) is 1.01. The van der Waals surface area contributed by atoms with Crippen LogP contribution in [0.25, 0.3) is 11.3 Å². The number of hydrogen-bond acceptors (Lipinski definition) is 6. The average Bonchev–Trinajstić information content (AvgIpc) is 3.42. The Hall–Kier alpha value is -3.68. The molecule has 0 aliphatic rings. The molecule has 3 aromatic carbocycles. The molecule has 0 aliphatic heterocycles. The lowest BCUT2D eigenvalue weighted by Crippen LogP contribution is -2.24. The summed E-state index contributed by atoms with van der Waals surface area (Å²) in [6, 6.07) is 23.7. The molecule has 0 saturated heterocycles. The standard InChI is InChI=1S/C29H32N4O2S/c1-3-15-33(29-32-26(20-36-29)25-9-4-5-10-27(25)35-2)19-21-11-13-24(14-12-21)28(34)31-18-23-8-6-7-22(16-23)17-30/h4-14,16,20H,3,15,17-19,30H2,1-2H3,(H,31,34). The second-order valence-electron chi connectivity index (χ2n) is 8.54. The third kappa shape index (κ3) is 6.30. The van der Waals surface area contributed by atoms with Crippen LogP contribution >= 0.6 is 11.3 Å². The molecule has 0 saturated carbocycles. The van der Waals surface area contributed by atoms with E-state index in [2.05, 4.69) is 22.5 Å². The van der Waals surface area contributed by atoms with Gasteiger partial charge in [0, 0.05) is 42.7 Å². The van der Waals surface area contributed by atoms with Crippen LogP contribution < -0.4 is 20.7 Å². The molecule has 6 nitrogen and oxygen atoms in total. The predicted octanol–water partition coefficient (Wildman–Crippen LogP) is 5.62. The van der Waals surface area contributed by atoms with Crippen molar-refractivity contribution < 1.29 is 9.53 Å². The molecule has 0 spiro atoms. The number of hydrogen-bond donors (Lipinski definition) is 2. The van der Waals surface area contributed by atoms with Gasteiger partial charge >= 0.3 is 0 Å². The number of aromatic nitrogens is 1. The largest absolute Gasteiger partial charge is 0.496 e. The van der Waals surface area contributed by atoms with Gasteiger partial charge in [0.1, 0.15) is 5.75 Å². The maximum atomic E-state index is 12.7. The minimum Gasteiger partial charge on any atom is -0.496 e. The SMILES string of the molecule is CCCN(Cc1ccc(C(=O)NCc2cccc(CN)c2)cc1)c1nc(-c2ccccc2OC)cs1. The van der Waals surface area contributed by atoms with Gasteiger partial charge in [-0.3, -0.25) is 4.79 Å². The number of carbonyl (C=O) groups is 1. The number of methoxy groups -OCH3 is 1. The predicted molar refractivity (Wildman–Crippen MR) is 147 cm³/mol. The van der Waals surface area contributed by atoms with Gasteiger partial charge in [0.15, 0.2) is 5.13 Å². The summed E-state index contributed by atoms with van der Waals surface area (Å²) in [7, 11) is 1.68. The van der Waals surface area contributed by atoms with Crippen LogP contribution in [0.4, 0.5) is 5.13 Å². The summed E-state index contributed by atoms with van der Waals surface area (Å²) in [5, 5.41) is 6.04. The van der Waals surface area contributed by atoms with Gasteiger partial charge in [-0.05, 0) is 47.4 Å². The van der Waals surface area contributed by atoms with E-state index < -0.39 is 0 Å². The molecule has 0 aliphatic carbocycles. The molecular weight excluding hydrogens is 468 g/mol. The molecule has 4 rings (SSSR count). The van der Waals surface area contributed by atoms with Crippen molar-refractivity contribution in [2.45, 2.75) is 33.0 Å². The molecule has 1 heterocycles. The van der Waals surface area contributed by atoms with Gasteiger partial charge in [0.2, 0.25) is 0 Å². The minimum absolute atomic E-state index is 0.0912. The van der Waals surface area contributed by atoms with E-state index in [4.69, 9.17) is 15.5 Å². The third-order valence-electron chi connectivity index (χ3n) is 5.91. The smallest absolute Gasteiger partial charge is 0.251 e. The zero-order valence-electron chi connectivity index (χ0n) is 20.7. The lowest BCUT2D eigenvalue weighted by atomic mass is 10.1. The van der Waals surface area contributed by atoms with E-state index in [0.29, 0.717) is 18.7 Å². The Morgan fingerprint density at radius 1 is 1.03 bits per heavy atom. The minimum atomic E-state index is -0.0912. The molecular formula is C29H32N4O2S. The molecule has 36 heavy (non-hydrogen) atoms. The fraction of sp³-hybridized carbons (Fsp3) is 0.241. The van der Waals surface area contributed by atoms with Gasteiger partial charge in [-0.2, -0.15) is 0 Å². The van der Waals surface area contributed by atoms with E-state index in [0.717, 1.165) is 58.3 Å². The van der Waals surface area contributed by atoms with Crippen LogP contribution in [0.3, 0.4) is 0 Å². The van der Waals surface area contributed by atoms with Crippen LogP contribution in [0.2, 0.25) is 0 Å². The van der Waals surface area contributed by atoms with Crippen molar-refractivity contribution in [3.63, 3.8) is 0 Å². The molecule has 0 unspecified atom stereocenters. The van der Waals surface area contributed by atoms with Crippen molar-refractivity contribution in [2.24, 2.45) is 5.73 Å². The first-order valence-electron chi connectivity index (χ1n) is 12.1. The molecule has 186 valence electrons. The number of amides is 1. The molecule has 1 aromatic heterocycles. The zero-order valence-corrected chi connectivity index (χ0v) is 21.6. The van der Waals surface area contributed by atoms with Crippen molar-refractivity contribution in [2.75, 3.05) is 18.6 Å². The fourth-order valence-corrected chi connectivity index (χ4v) is 4.89. The summed E-state index contributed by atoms with van der Waals surface area (Å²) in [4.78, 5) is 19.8. The normalized spacial score (nSPS) is 10.8. The summed E-state index contributed by atoms with van der Waals surface area (Å²) in [5.74, 6) is 0.726. The van der Waals surface area contributed by atoms with Crippen molar-refractivity contribution in [3.8, 4) is 17.0 Å². The second-order valence-corrected chi connectivity index (χ2v) is 9.38. The Morgan fingerprint density at radius 3 is 2.56 bits per heavy atom. The first-order chi connectivity index (χ1) is 17.6. The Bertz CT molecular complexity index is 1290. The van der Waals surface area contributed by atoms with Crippen LogP contribution in [0.1, 0.15) is 40.4 Å². The number of rotatable bonds is 11. The number of nitrogens with zero attached hydrogens (tertiary/aromatic N) is 2. The molecule has 0 atom stereocenters. The first-order valence-corrected chi connectivity index (χ1v) is 13.0. The molecule has 7 heteroatoms. The monoisotopic (exact) mass is 500 g/mol. The van der Waals surface area contributed by atoms with Gasteiger partial charge in [-0.1, -0.05) is 55.5 Å². The Morgan fingerprint density at radius 2 is 1.81 bits per heavy atom. The third-order valence-corrected chi connectivity index (χ3v) is 6.81. The highest BCUT2D eigenvalue weighted by molar-refractivity contribution is 7.14. The fourth-order valence-electron chi connectivity index (χ4n) is 4.03. The van der Waals surface area contributed by atoms with Crippen LogP contribution in [-0.4, -0.2) is 24.5 Å². The molecule has 3 N–H and O–H groups in total. The molecule has 4 aromatic rings. The van der Waals surface area contributed by atoms with Gasteiger partial charge in [0.25, 0.3) is 5.91 Å². The number of para-hydroxylation sites is 1. The average molecular weight is 501 g/mol. The number of nitrogens with one attached hydrogen (secondary N) is 1. The number of carbonyl (C=O) groups excluding carboxylic acids is 1. The second kappa shape index (κ2) is 12.3. The number of ether oxygens (including phenoxy) is 1. The van der Waals surface area contributed by atoms with E-state index in [1.165, 1.54) is 0 Å². The van der Waals surface area contributed by atoms with Crippen LogP contribution in [0, 0.1) is 0 Å². The zero-order chi connectivity index (χ0) is 25.3. The van der Waals surface area contributed by atoms with Crippen LogP contribution in [-0.2, 0) is 19.6 Å². The number of benzene rings is 3. The lowest BCUT2D eigenvalue weighted by molar-refractivity contribution is 0.0951. The van der Waals surface area contributed by atoms with Crippen molar-refractivity contribution in [1.29, 1.82) is 0 Å². The number of nitrogens with two attached hydrogens (primary N) is 1. The summed E-state index contributed by atoms with van der Waals surface area (Å²) in [5.41, 5.74) is 11.5. The van der Waals surface area contributed by atoms with Gasteiger partial charge in [-0.15, -0.1) is 11.3 Å². The lowest BCUT2D eigenvalue weighted by Gasteiger charge is -2.21. The highest BCUT2D eigenvalue weighted by Gasteiger charge is 2.15. The topological polar surface area (TPSA) is 80.5 Å². The maximum absolute atomic E-state index is 12.7. The van der Waals surface area contributed by atoms with Crippen molar-refractivity contribution in [3.05, 3.63) is 100 Å². The summed E-state index contributed by atoms with van der Waals surface area (Å²) in [6.45, 7) is 4.74. The molecule has 0 bridgehead atoms. The molecule has 0 radical (unpaired) electrons. The Kier molecular flexibility index (Phi) is 8.71. The molecule has 0 fully saturated rings. The molecule has 1 amide bonds. The summed E-state index contributed by atoms with van der Waals surface area (Å²) >= 11 is 1.63.